The molecule has 0 radical (unpaired) electrons. The molecule has 0 aromatic rings. The summed E-state index contributed by atoms with van der Waals surface area (Å²) in [5, 5.41) is 4.71. The van der Waals surface area contributed by atoms with Gasteiger partial charge in [0, 0.05) is 12.6 Å². The molecule has 1 atom stereocenters. The minimum atomic E-state index is -0.656. The van der Waals surface area contributed by atoms with Crippen LogP contribution in [-0.2, 0) is 9.59 Å². The summed E-state index contributed by atoms with van der Waals surface area (Å²) in [6.45, 7) is 0. The summed E-state index contributed by atoms with van der Waals surface area (Å²) in [7, 11) is 0. The van der Waals surface area contributed by atoms with Crippen LogP contribution in [0.1, 0.15) is 6.42 Å². The molecule has 0 bridgehead atoms. The van der Waals surface area contributed by atoms with Gasteiger partial charge >= 0.3 is 0 Å². The van der Waals surface area contributed by atoms with Gasteiger partial charge in [0.25, 0.3) is 5.91 Å². The van der Waals surface area contributed by atoms with Crippen LogP contribution in [0.15, 0.2) is 5.10 Å². The maximum Gasteiger partial charge on any atom is 0.258 e. The third-order valence-corrected chi connectivity index (χ3v) is 1.76. The molecule has 0 spiro atoms. The zero-order chi connectivity index (χ0) is 9.14. The molecule has 2 N–H and O–H groups in total. The Morgan fingerprint density at radius 1 is 1.75 bits per heavy atom. The molecule has 1 rings (SSSR count). The first-order chi connectivity index (χ1) is 5.66. The van der Waals surface area contributed by atoms with Crippen LogP contribution in [0.4, 0.5) is 0 Å². The monoisotopic (exact) mass is 189 g/mol. The van der Waals surface area contributed by atoms with E-state index in [4.69, 9.17) is 17.3 Å². The summed E-state index contributed by atoms with van der Waals surface area (Å²) in [6, 6.07) is -0.656. The van der Waals surface area contributed by atoms with Gasteiger partial charge in [0.05, 0.1) is 0 Å². The molecule has 0 saturated heterocycles. The van der Waals surface area contributed by atoms with E-state index in [0.29, 0.717) is 6.42 Å². The molecule has 5 nitrogen and oxygen atoms in total. The Bertz CT molecular complexity index is 241. The molecule has 1 aliphatic heterocycles. The molecule has 1 heterocycles. The maximum atomic E-state index is 11.0. The molecular weight excluding hydrogens is 182 g/mol. The zero-order valence-electron chi connectivity index (χ0n) is 6.24. The second-order valence-corrected chi connectivity index (χ2v) is 2.59. The van der Waals surface area contributed by atoms with Crippen LogP contribution < -0.4 is 5.73 Å². The second kappa shape index (κ2) is 3.53. The number of primary amides is 1. The number of halogens is 1. The largest absolute Gasteiger partial charge is 0.368 e. The predicted octanol–water partition coefficient (Wildman–Crippen LogP) is -0.703. The smallest absolute Gasteiger partial charge is 0.258 e. The van der Waals surface area contributed by atoms with E-state index < -0.39 is 17.9 Å². The molecule has 2 amide bonds. The number of hydrogen-bond donors (Lipinski definition) is 1. The van der Waals surface area contributed by atoms with Gasteiger partial charge in [-0.3, -0.25) is 9.59 Å². The van der Waals surface area contributed by atoms with Crippen LogP contribution in [0.3, 0.4) is 0 Å². The predicted molar refractivity (Wildman–Crippen MR) is 43.7 cm³/mol. The van der Waals surface area contributed by atoms with Gasteiger partial charge in [-0.1, -0.05) is 0 Å². The van der Waals surface area contributed by atoms with Crippen molar-refractivity contribution in [2.24, 2.45) is 10.8 Å². The van der Waals surface area contributed by atoms with E-state index in [-0.39, 0.29) is 5.88 Å². The van der Waals surface area contributed by atoms with Gasteiger partial charge in [0.2, 0.25) is 5.91 Å². The maximum absolute atomic E-state index is 11.0. The van der Waals surface area contributed by atoms with Crippen LogP contribution in [0.25, 0.3) is 0 Å². The van der Waals surface area contributed by atoms with Crippen molar-refractivity contribution in [3.8, 4) is 0 Å². The first-order valence-corrected chi connectivity index (χ1v) is 3.90. The Kier molecular flexibility index (Phi) is 2.65. The summed E-state index contributed by atoms with van der Waals surface area (Å²) >= 11 is 5.28. The molecular formula is C6H8ClN3O2. The Labute approximate surface area is 74.1 Å². The van der Waals surface area contributed by atoms with E-state index in [2.05, 4.69) is 5.10 Å². The second-order valence-electron chi connectivity index (χ2n) is 2.32. The topological polar surface area (TPSA) is 75.8 Å². The molecule has 1 aliphatic rings. The Morgan fingerprint density at radius 3 is 2.92 bits per heavy atom. The van der Waals surface area contributed by atoms with Crippen LogP contribution in [-0.4, -0.2) is 35.0 Å². The number of rotatable bonds is 2. The van der Waals surface area contributed by atoms with E-state index in [1.807, 2.05) is 0 Å². The number of alkyl halides is 1. The van der Waals surface area contributed by atoms with Crippen molar-refractivity contribution < 1.29 is 9.59 Å². The number of hydrazone groups is 1. The fourth-order valence-corrected chi connectivity index (χ4v) is 1.07. The number of nitrogens with two attached hydrogens (primary N) is 1. The normalized spacial score (nSPS) is 21.4. The van der Waals surface area contributed by atoms with Crippen molar-refractivity contribution in [3.05, 3.63) is 0 Å². The molecule has 0 fully saturated rings. The summed E-state index contributed by atoms with van der Waals surface area (Å²) in [5.74, 6) is -1.17. The number of hydrogen-bond acceptors (Lipinski definition) is 3. The molecule has 0 unspecified atom stereocenters. The fourth-order valence-electron chi connectivity index (χ4n) is 0.951. The van der Waals surface area contributed by atoms with Gasteiger partial charge in [-0.25, -0.2) is 5.01 Å². The average molecular weight is 190 g/mol. The van der Waals surface area contributed by atoms with Crippen molar-refractivity contribution in [2.45, 2.75) is 12.5 Å². The van der Waals surface area contributed by atoms with Gasteiger partial charge in [-0.05, 0) is 0 Å². The fraction of sp³-hybridized carbons (Fsp3) is 0.500. The molecule has 0 saturated carbocycles. The van der Waals surface area contributed by atoms with Crippen LogP contribution in [0.5, 0.6) is 0 Å². The Hall–Kier alpha value is -1.10. The highest BCUT2D eigenvalue weighted by Gasteiger charge is 2.30. The van der Waals surface area contributed by atoms with Gasteiger partial charge in [0.1, 0.15) is 11.9 Å². The van der Waals surface area contributed by atoms with Gasteiger partial charge in [-0.15, -0.1) is 11.6 Å². The zero-order valence-corrected chi connectivity index (χ0v) is 6.99. The van der Waals surface area contributed by atoms with E-state index in [9.17, 15) is 9.59 Å². The van der Waals surface area contributed by atoms with Gasteiger partial charge < -0.3 is 5.73 Å². The lowest BCUT2D eigenvalue weighted by Crippen LogP contribution is -2.42. The molecule has 0 aromatic heterocycles. The third-order valence-electron chi connectivity index (χ3n) is 1.53. The summed E-state index contributed by atoms with van der Waals surface area (Å²) in [5.41, 5.74) is 5.02. The van der Waals surface area contributed by atoms with Crippen molar-refractivity contribution >= 4 is 29.6 Å². The Morgan fingerprint density at radius 2 is 2.42 bits per heavy atom. The summed E-state index contributed by atoms with van der Waals surface area (Å²) in [4.78, 5) is 21.7. The highest BCUT2D eigenvalue weighted by atomic mass is 35.5. The molecule has 66 valence electrons. The number of carbonyl (C=O) groups excluding carboxylic acids is 2. The van der Waals surface area contributed by atoms with Crippen LogP contribution in [0.2, 0.25) is 0 Å². The van der Waals surface area contributed by atoms with Gasteiger partial charge in [0.15, 0.2) is 0 Å². The van der Waals surface area contributed by atoms with Crippen LogP contribution in [0, 0.1) is 0 Å². The lowest BCUT2D eigenvalue weighted by molar-refractivity contribution is -0.136. The minimum Gasteiger partial charge on any atom is -0.368 e. The standard InChI is InChI=1S/C6H8ClN3O2/c7-3-5(11)10-4(6(8)12)1-2-9-10/h2,4H,1,3H2,(H2,8,12)/t4-/m0/s1. The highest BCUT2D eigenvalue weighted by molar-refractivity contribution is 6.27. The van der Waals surface area contributed by atoms with E-state index in [0.717, 1.165) is 5.01 Å². The first-order valence-electron chi connectivity index (χ1n) is 3.36. The minimum absolute atomic E-state index is 0.193. The molecule has 6 heteroatoms. The highest BCUT2D eigenvalue weighted by Crippen LogP contribution is 2.10. The van der Waals surface area contributed by atoms with Gasteiger partial charge in [-0.2, -0.15) is 5.10 Å². The van der Waals surface area contributed by atoms with Crippen molar-refractivity contribution in [1.82, 2.24) is 5.01 Å². The lowest BCUT2D eigenvalue weighted by atomic mass is 10.2. The molecule has 0 aliphatic carbocycles. The quantitative estimate of drug-likeness (QED) is 0.583. The lowest BCUT2D eigenvalue weighted by Gasteiger charge is -2.17. The number of amides is 2. The van der Waals surface area contributed by atoms with Crippen molar-refractivity contribution in [3.63, 3.8) is 0 Å². The summed E-state index contributed by atoms with van der Waals surface area (Å²) < 4.78 is 0. The molecule has 0 aromatic carbocycles. The molecule has 12 heavy (non-hydrogen) atoms. The Balaban J connectivity index is 2.69. The first kappa shape index (κ1) is 8.99. The van der Waals surface area contributed by atoms with E-state index >= 15 is 0 Å². The number of nitrogens with zero attached hydrogens (tertiary/aromatic N) is 2. The third kappa shape index (κ3) is 1.55. The SMILES string of the molecule is NC(=O)[C@@H]1CC=NN1C(=O)CCl. The van der Waals surface area contributed by atoms with Crippen molar-refractivity contribution in [1.29, 1.82) is 0 Å². The van der Waals surface area contributed by atoms with E-state index in [1.165, 1.54) is 6.21 Å². The van der Waals surface area contributed by atoms with Crippen molar-refractivity contribution in [2.75, 3.05) is 5.88 Å². The number of carbonyl (C=O) groups is 2. The van der Waals surface area contributed by atoms with Crippen LogP contribution >= 0.6 is 11.6 Å². The average Bonchev–Trinajstić information content (AvgIpc) is 2.50. The van der Waals surface area contributed by atoms with E-state index in [1.54, 1.807) is 0 Å². The summed E-state index contributed by atoms with van der Waals surface area (Å²) in [6.07, 6.45) is 1.85.